The van der Waals surface area contributed by atoms with Crippen LogP contribution in [-0.2, 0) is 26.0 Å². The average molecular weight is 504 g/mol. The Kier molecular flexibility index (Phi) is 8.34. The lowest BCUT2D eigenvalue weighted by molar-refractivity contribution is -0.121. The van der Waals surface area contributed by atoms with Crippen molar-refractivity contribution < 1.29 is 27.6 Å². The number of carbonyl (C=O) groups excluding carboxylic acids is 1. The normalized spacial score (nSPS) is 15.8. The number of hydrogen-bond donors (Lipinski definition) is 2. The van der Waals surface area contributed by atoms with Crippen molar-refractivity contribution >= 4 is 29.4 Å². The maximum absolute atomic E-state index is 14.7. The number of hydrogen-bond acceptors (Lipinski definition) is 3. The lowest BCUT2D eigenvalue weighted by Crippen LogP contribution is -2.28. The van der Waals surface area contributed by atoms with Gasteiger partial charge >= 0.3 is 13.3 Å². The number of carbonyl (C=O) groups is 1. The molecule has 2 N–H and O–H groups in total. The summed E-state index contributed by atoms with van der Waals surface area (Å²) in [7, 11) is -5.25. The summed E-state index contributed by atoms with van der Waals surface area (Å²) in [5.41, 5.74) is -3.31. The second kappa shape index (κ2) is 10.1. The first-order valence-corrected chi connectivity index (χ1v) is 11.9. The van der Waals surface area contributed by atoms with Gasteiger partial charge in [-0.1, -0.05) is 65.3 Å². The predicted octanol–water partition coefficient (Wildman–Crippen LogP) is 5.92. The van der Waals surface area contributed by atoms with Crippen molar-refractivity contribution in [1.29, 1.82) is 0 Å². The van der Waals surface area contributed by atoms with Gasteiger partial charge in [0.2, 0.25) is 5.91 Å². The second-order valence-electron chi connectivity index (χ2n) is 7.08. The molecule has 3 atom stereocenters. The lowest BCUT2D eigenvalue weighted by Gasteiger charge is -2.26. The van der Waals surface area contributed by atoms with E-state index in [0.29, 0.717) is 12.0 Å². The molecule has 30 heavy (non-hydrogen) atoms. The van der Waals surface area contributed by atoms with Gasteiger partial charge in [0.1, 0.15) is 0 Å². The fourth-order valence-electron chi connectivity index (χ4n) is 2.74. The van der Waals surface area contributed by atoms with E-state index in [0.717, 1.165) is 11.6 Å². The molecule has 0 saturated carbocycles. The summed E-state index contributed by atoms with van der Waals surface area (Å²) in [6.45, 7) is 4.85. The summed E-state index contributed by atoms with van der Waals surface area (Å²) in [5.74, 6) is -0.207. The fourth-order valence-corrected chi connectivity index (χ4v) is 4.81. The molecular weight excluding hydrogens is 479 g/mol. The highest BCUT2D eigenvalue weighted by Gasteiger charge is 2.54. The van der Waals surface area contributed by atoms with Crippen LogP contribution in [0.25, 0.3) is 0 Å². The Labute approximate surface area is 183 Å². The quantitative estimate of drug-likeness (QED) is 0.416. The third-order valence-corrected chi connectivity index (χ3v) is 6.91. The van der Waals surface area contributed by atoms with Gasteiger partial charge < -0.3 is 14.7 Å². The molecule has 0 fully saturated rings. The Morgan fingerprint density at radius 1 is 1.23 bits per heavy atom. The zero-order chi connectivity index (χ0) is 22.5. The van der Waals surface area contributed by atoms with E-state index in [2.05, 4.69) is 21.2 Å². The van der Waals surface area contributed by atoms with Gasteiger partial charge in [-0.05, 0) is 37.5 Å². The van der Waals surface area contributed by atoms with Crippen LogP contribution in [0.3, 0.4) is 0 Å². The molecule has 0 heterocycles. The van der Waals surface area contributed by atoms with Crippen molar-refractivity contribution in [2.24, 2.45) is 0 Å². The highest BCUT2D eigenvalue weighted by atomic mass is 79.9. The van der Waals surface area contributed by atoms with Gasteiger partial charge in [-0.3, -0.25) is 9.36 Å². The van der Waals surface area contributed by atoms with Crippen molar-refractivity contribution in [2.75, 3.05) is 0 Å². The summed E-state index contributed by atoms with van der Waals surface area (Å²) in [4.78, 5) is 22.1. The topological polar surface area (TPSA) is 75.6 Å². The van der Waals surface area contributed by atoms with Crippen LogP contribution in [0.5, 0.6) is 0 Å². The van der Waals surface area contributed by atoms with Gasteiger partial charge in [0.25, 0.3) is 0 Å². The zero-order valence-electron chi connectivity index (χ0n) is 16.9. The number of halogens is 3. The molecule has 2 rings (SSSR count). The van der Waals surface area contributed by atoms with E-state index in [4.69, 9.17) is 4.52 Å². The van der Waals surface area contributed by atoms with Gasteiger partial charge in [0, 0.05) is 10.0 Å². The van der Waals surface area contributed by atoms with E-state index in [9.17, 15) is 23.0 Å². The standard InChI is InChI=1S/C21H25BrF2NO4P/c1-4-14(2)29-30(27,28)21(23,24)18-11-10-17(13-19(18)22)15(3)25-20(26)12-16-8-6-5-7-9-16/h5-11,13-15H,4,12H2,1-3H3,(H,25,26)(H,27,28). The van der Waals surface area contributed by atoms with Crippen molar-refractivity contribution in [3.8, 4) is 0 Å². The van der Waals surface area contributed by atoms with Crippen LogP contribution in [0.1, 0.15) is 49.9 Å². The summed E-state index contributed by atoms with van der Waals surface area (Å²) in [6.07, 6.45) is -0.269. The van der Waals surface area contributed by atoms with E-state index in [1.165, 1.54) is 19.1 Å². The lowest BCUT2D eigenvalue weighted by atomic mass is 10.1. The fraction of sp³-hybridized carbons (Fsp3) is 0.381. The second-order valence-corrected chi connectivity index (χ2v) is 9.74. The minimum Gasteiger partial charge on any atom is -0.349 e. The average Bonchev–Trinajstić information content (AvgIpc) is 2.67. The Morgan fingerprint density at radius 2 is 1.87 bits per heavy atom. The molecule has 164 valence electrons. The van der Waals surface area contributed by atoms with Crippen LogP contribution in [0, 0.1) is 0 Å². The van der Waals surface area contributed by atoms with Crippen LogP contribution >= 0.6 is 23.5 Å². The molecular formula is C21H25BrF2NO4P. The Bertz CT molecular complexity index is 926. The van der Waals surface area contributed by atoms with Crippen molar-refractivity contribution in [1.82, 2.24) is 5.32 Å². The van der Waals surface area contributed by atoms with Gasteiger partial charge in [0.05, 0.1) is 18.6 Å². The van der Waals surface area contributed by atoms with Crippen molar-refractivity contribution in [3.63, 3.8) is 0 Å². The minimum atomic E-state index is -5.25. The predicted molar refractivity (Wildman–Crippen MR) is 115 cm³/mol. The van der Waals surface area contributed by atoms with Crippen LogP contribution < -0.4 is 5.32 Å². The SMILES string of the molecule is CCC(C)OP(=O)(O)C(F)(F)c1ccc(C(C)NC(=O)Cc2ccccc2)cc1Br. The van der Waals surface area contributed by atoms with Gasteiger partial charge in [-0.15, -0.1) is 0 Å². The molecule has 1 amide bonds. The van der Waals surface area contributed by atoms with Crippen molar-refractivity contribution in [3.05, 3.63) is 69.7 Å². The first kappa shape index (κ1) is 24.7. The maximum atomic E-state index is 14.7. The number of amides is 1. The number of rotatable bonds is 9. The molecule has 0 aliphatic rings. The largest absolute Gasteiger partial charge is 0.402 e. The van der Waals surface area contributed by atoms with Gasteiger partial charge in [0.15, 0.2) is 0 Å². The molecule has 0 aliphatic carbocycles. The van der Waals surface area contributed by atoms with E-state index >= 15 is 0 Å². The smallest absolute Gasteiger partial charge is 0.349 e. The Hall–Kier alpha value is -1.60. The van der Waals surface area contributed by atoms with Gasteiger partial charge in [-0.2, -0.15) is 8.78 Å². The summed E-state index contributed by atoms with van der Waals surface area (Å²) < 4.78 is 46.4. The van der Waals surface area contributed by atoms with Crippen molar-refractivity contribution in [2.45, 2.75) is 51.4 Å². The van der Waals surface area contributed by atoms with E-state index in [-0.39, 0.29) is 16.8 Å². The summed E-state index contributed by atoms with van der Waals surface area (Å²) in [6, 6.07) is 12.6. The highest BCUT2D eigenvalue weighted by Crippen LogP contribution is 2.64. The van der Waals surface area contributed by atoms with Crippen LogP contribution in [0.15, 0.2) is 53.0 Å². The number of nitrogens with one attached hydrogen (secondary N) is 1. The monoisotopic (exact) mass is 503 g/mol. The molecule has 9 heteroatoms. The summed E-state index contributed by atoms with van der Waals surface area (Å²) >= 11 is 3.07. The molecule has 5 nitrogen and oxygen atoms in total. The zero-order valence-corrected chi connectivity index (χ0v) is 19.4. The van der Waals surface area contributed by atoms with Crippen LogP contribution in [-0.4, -0.2) is 16.9 Å². The number of benzene rings is 2. The van der Waals surface area contributed by atoms with E-state index in [1.807, 2.05) is 30.3 Å². The van der Waals surface area contributed by atoms with Crippen LogP contribution in [0.4, 0.5) is 8.78 Å². The molecule has 2 aromatic carbocycles. The van der Waals surface area contributed by atoms with E-state index in [1.54, 1.807) is 13.8 Å². The molecule has 0 radical (unpaired) electrons. The highest BCUT2D eigenvalue weighted by molar-refractivity contribution is 9.10. The molecule has 0 bridgehead atoms. The molecule has 2 aromatic rings. The third kappa shape index (κ3) is 5.97. The van der Waals surface area contributed by atoms with Crippen LogP contribution in [0.2, 0.25) is 0 Å². The molecule has 3 unspecified atom stereocenters. The molecule has 0 aliphatic heterocycles. The maximum Gasteiger partial charge on any atom is 0.402 e. The molecule has 0 saturated heterocycles. The summed E-state index contributed by atoms with van der Waals surface area (Å²) in [5, 5.41) is 2.82. The van der Waals surface area contributed by atoms with Gasteiger partial charge in [-0.25, -0.2) is 0 Å². The number of alkyl halides is 2. The molecule has 0 aromatic heterocycles. The van der Waals surface area contributed by atoms with E-state index < -0.39 is 31.0 Å². The first-order chi connectivity index (χ1) is 14.0. The first-order valence-electron chi connectivity index (χ1n) is 9.50. The minimum absolute atomic E-state index is 0.0452. The molecule has 0 spiro atoms. The Balaban J connectivity index is 2.15. The Morgan fingerprint density at radius 3 is 2.43 bits per heavy atom. The third-order valence-electron chi connectivity index (χ3n) is 4.65.